The van der Waals surface area contributed by atoms with Crippen molar-refractivity contribution in [3.05, 3.63) is 46.9 Å². The van der Waals surface area contributed by atoms with Crippen LogP contribution in [0.1, 0.15) is 31.9 Å². The van der Waals surface area contributed by atoms with Crippen molar-refractivity contribution in [3.8, 4) is 0 Å². The van der Waals surface area contributed by atoms with E-state index in [9.17, 15) is 0 Å². The van der Waals surface area contributed by atoms with Gasteiger partial charge in [-0.25, -0.2) is 9.97 Å². The predicted octanol–water partition coefficient (Wildman–Crippen LogP) is 4.48. The predicted molar refractivity (Wildman–Crippen MR) is 80.2 cm³/mol. The van der Waals surface area contributed by atoms with Crippen LogP contribution in [0.5, 0.6) is 0 Å². The lowest BCUT2D eigenvalue weighted by Crippen LogP contribution is -2.11. The first kappa shape index (κ1) is 13.8. The molecule has 0 aliphatic rings. The van der Waals surface area contributed by atoms with Gasteiger partial charge in [-0.15, -0.1) is 0 Å². The molecule has 100 valence electrons. The smallest absolute Gasteiger partial charge is 0.224 e. The summed E-state index contributed by atoms with van der Waals surface area (Å²) < 4.78 is 0. The Kier molecular flexibility index (Phi) is 3.76. The molecule has 2 rings (SSSR count). The number of nitrogens with zero attached hydrogens (tertiary/aromatic N) is 2. The van der Waals surface area contributed by atoms with E-state index in [0.717, 1.165) is 17.1 Å². The third kappa shape index (κ3) is 3.44. The van der Waals surface area contributed by atoms with Crippen molar-refractivity contribution in [3.63, 3.8) is 0 Å². The van der Waals surface area contributed by atoms with E-state index in [4.69, 9.17) is 11.6 Å². The Balaban J connectivity index is 2.31. The van der Waals surface area contributed by atoms with Crippen molar-refractivity contribution >= 4 is 23.1 Å². The Labute approximate surface area is 119 Å². The van der Waals surface area contributed by atoms with Gasteiger partial charge in [0.25, 0.3) is 0 Å². The molecule has 1 heterocycles. The summed E-state index contributed by atoms with van der Waals surface area (Å²) in [5, 5.41) is 3.54. The highest BCUT2D eigenvalue weighted by atomic mass is 35.5. The molecule has 0 fully saturated rings. The molecule has 0 radical (unpaired) electrons. The number of hydrogen-bond donors (Lipinski definition) is 1. The van der Waals surface area contributed by atoms with Crippen LogP contribution in [-0.4, -0.2) is 9.97 Å². The van der Waals surface area contributed by atoms with Crippen LogP contribution >= 0.6 is 11.6 Å². The molecule has 0 aliphatic heterocycles. The first-order chi connectivity index (χ1) is 8.86. The summed E-state index contributed by atoms with van der Waals surface area (Å²) in [6.07, 6.45) is 1.71. The van der Waals surface area contributed by atoms with Gasteiger partial charge < -0.3 is 5.32 Å². The number of hydrogen-bond acceptors (Lipinski definition) is 3. The van der Waals surface area contributed by atoms with Gasteiger partial charge in [0.15, 0.2) is 0 Å². The van der Waals surface area contributed by atoms with E-state index in [2.05, 4.69) is 48.2 Å². The molecule has 0 aliphatic carbocycles. The maximum atomic E-state index is 5.82. The van der Waals surface area contributed by atoms with Crippen LogP contribution in [0.4, 0.5) is 11.5 Å². The standard InChI is InChI=1S/C15H18ClN3/c1-10-9-17-14(16)19-13(10)18-12-7-5-6-11(8-12)15(2,3)4/h5-9H,1-4H3,(H,17,18,19). The second-order valence-electron chi connectivity index (χ2n) is 5.63. The fourth-order valence-corrected chi connectivity index (χ4v) is 1.88. The largest absolute Gasteiger partial charge is 0.340 e. The number of rotatable bonds is 2. The Hall–Kier alpha value is -1.61. The van der Waals surface area contributed by atoms with E-state index in [1.807, 2.05) is 19.1 Å². The molecular formula is C15H18ClN3. The van der Waals surface area contributed by atoms with Crippen LogP contribution < -0.4 is 5.32 Å². The molecular weight excluding hydrogens is 258 g/mol. The first-order valence-corrected chi connectivity index (χ1v) is 6.61. The summed E-state index contributed by atoms with van der Waals surface area (Å²) in [6, 6.07) is 8.33. The molecule has 1 aromatic heterocycles. The van der Waals surface area contributed by atoms with Gasteiger partial charge in [0.05, 0.1) is 0 Å². The van der Waals surface area contributed by atoms with Crippen LogP contribution in [0.15, 0.2) is 30.5 Å². The number of halogens is 1. The van der Waals surface area contributed by atoms with Crippen molar-refractivity contribution < 1.29 is 0 Å². The molecule has 3 nitrogen and oxygen atoms in total. The third-order valence-electron chi connectivity index (χ3n) is 2.93. The fraction of sp³-hybridized carbons (Fsp3) is 0.333. The maximum absolute atomic E-state index is 5.82. The molecule has 0 saturated carbocycles. The fourth-order valence-electron chi connectivity index (χ4n) is 1.75. The van der Waals surface area contributed by atoms with Crippen molar-refractivity contribution in [1.29, 1.82) is 0 Å². The molecule has 0 amide bonds. The highest BCUT2D eigenvalue weighted by Gasteiger charge is 2.14. The van der Waals surface area contributed by atoms with E-state index in [0.29, 0.717) is 0 Å². The summed E-state index contributed by atoms with van der Waals surface area (Å²) in [5.41, 5.74) is 3.36. The summed E-state index contributed by atoms with van der Waals surface area (Å²) in [7, 11) is 0. The summed E-state index contributed by atoms with van der Waals surface area (Å²) in [6.45, 7) is 8.53. The summed E-state index contributed by atoms with van der Waals surface area (Å²) >= 11 is 5.82. The maximum Gasteiger partial charge on any atom is 0.224 e. The van der Waals surface area contributed by atoms with Gasteiger partial charge in [-0.05, 0) is 41.6 Å². The molecule has 19 heavy (non-hydrogen) atoms. The Morgan fingerprint density at radius 2 is 1.95 bits per heavy atom. The zero-order valence-corrected chi connectivity index (χ0v) is 12.4. The molecule has 0 spiro atoms. The topological polar surface area (TPSA) is 37.8 Å². The van der Waals surface area contributed by atoms with E-state index >= 15 is 0 Å². The van der Waals surface area contributed by atoms with Crippen LogP contribution in [-0.2, 0) is 5.41 Å². The van der Waals surface area contributed by atoms with Gasteiger partial charge in [0.1, 0.15) is 5.82 Å². The van der Waals surface area contributed by atoms with E-state index in [-0.39, 0.29) is 10.7 Å². The highest BCUT2D eigenvalue weighted by Crippen LogP contribution is 2.26. The van der Waals surface area contributed by atoms with Crippen LogP contribution in [0.3, 0.4) is 0 Å². The monoisotopic (exact) mass is 275 g/mol. The Bertz CT molecular complexity index is 588. The average Bonchev–Trinajstić information content (AvgIpc) is 2.33. The minimum absolute atomic E-state index is 0.121. The van der Waals surface area contributed by atoms with Crippen molar-refractivity contribution in [2.45, 2.75) is 33.1 Å². The molecule has 2 aromatic rings. The Morgan fingerprint density at radius 1 is 1.21 bits per heavy atom. The number of anilines is 2. The molecule has 0 atom stereocenters. The zero-order chi connectivity index (χ0) is 14.0. The summed E-state index contributed by atoms with van der Waals surface area (Å²) in [5.74, 6) is 0.742. The number of aryl methyl sites for hydroxylation is 1. The van der Waals surface area contributed by atoms with Crippen molar-refractivity contribution in [2.75, 3.05) is 5.32 Å². The third-order valence-corrected chi connectivity index (χ3v) is 3.12. The molecule has 4 heteroatoms. The minimum atomic E-state index is 0.121. The second kappa shape index (κ2) is 5.17. The normalized spacial score (nSPS) is 11.4. The summed E-state index contributed by atoms with van der Waals surface area (Å²) in [4.78, 5) is 8.16. The van der Waals surface area contributed by atoms with Gasteiger partial charge in [0, 0.05) is 17.4 Å². The average molecular weight is 276 g/mol. The number of nitrogens with one attached hydrogen (secondary N) is 1. The van der Waals surface area contributed by atoms with Gasteiger partial charge in [-0.2, -0.15) is 0 Å². The van der Waals surface area contributed by atoms with Gasteiger partial charge in [0.2, 0.25) is 5.28 Å². The Morgan fingerprint density at radius 3 is 2.63 bits per heavy atom. The van der Waals surface area contributed by atoms with E-state index < -0.39 is 0 Å². The van der Waals surface area contributed by atoms with Crippen LogP contribution in [0, 0.1) is 6.92 Å². The zero-order valence-electron chi connectivity index (χ0n) is 11.7. The highest BCUT2D eigenvalue weighted by molar-refractivity contribution is 6.28. The molecule has 0 unspecified atom stereocenters. The van der Waals surface area contributed by atoms with Gasteiger partial charge in [-0.3, -0.25) is 0 Å². The van der Waals surface area contributed by atoms with Crippen molar-refractivity contribution in [1.82, 2.24) is 9.97 Å². The van der Waals surface area contributed by atoms with E-state index in [1.54, 1.807) is 6.20 Å². The lowest BCUT2D eigenvalue weighted by molar-refractivity contribution is 0.590. The van der Waals surface area contributed by atoms with Crippen LogP contribution in [0.25, 0.3) is 0 Å². The second-order valence-corrected chi connectivity index (χ2v) is 5.96. The lowest BCUT2D eigenvalue weighted by atomic mass is 9.87. The quantitative estimate of drug-likeness (QED) is 0.821. The molecule has 0 saturated heterocycles. The molecule has 1 aromatic carbocycles. The molecule has 0 bridgehead atoms. The lowest BCUT2D eigenvalue weighted by Gasteiger charge is -2.20. The van der Waals surface area contributed by atoms with Gasteiger partial charge in [-0.1, -0.05) is 32.9 Å². The number of benzene rings is 1. The van der Waals surface area contributed by atoms with Crippen molar-refractivity contribution in [2.24, 2.45) is 0 Å². The minimum Gasteiger partial charge on any atom is -0.340 e. The molecule has 1 N–H and O–H groups in total. The van der Waals surface area contributed by atoms with Crippen LogP contribution in [0.2, 0.25) is 5.28 Å². The first-order valence-electron chi connectivity index (χ1n) is 6.23. The van der Waals surface area contributed by atoms with Gasteiger partial charge >= 0.3 is 0 Å². The van der Waals surface area contributed by atoms with E-state index in [1.165, 1.54) is 5.56 Å². The SMILES string of the molecule is Cc1cnc(Cl)nc1Nc1cccc(C(C)(C)C)c1. The number of aromatic nitrogens is 2.